The maximum Gasteiger partial charge on any atom is 0.193 e. The lowest BCUT2D eigenvalue weighted by molar-refractivity contribution is 0.132. The zero-order chi connectivity index (χ0) is 16.6. The number of para-hydroxylation sites is 1. The summed E-state index contributed by atoms with van der Waals surface area (Å²) in [7, 11) is 0. The van der Waals surface area contributed by atoms with E-state index in [4.69, 9.17) is 15.2 Å². The van der Waals surface area contributed by atoms with Gasteiger partial charge in [0.25, 0.3) is 0 Å². The molecule has 1 fully saturated rings. The smallest absolute Gasteiger partial charge is 0.193 e. The van der Waals surface area contributed by atoms with E-state index in [0.717, 1.165) is 29.7 Å². The van der Waals surface area contributed by atoms with Gasteiger partial charge in [0.1, 0.15) is 11.5 Å². The van der Waals surface area contributed by atoms with Crippen molar-refractivity contribution in [1.29, 1.82) is 0 Å². The summed E-state index contributed by atoms with van der Waals surface area (Å²) in [6.07, 6.45) is 2.60. The Morgan fingerprint density at radius 3 is 2.67 bits per heavy atom. The van der Waals surface area contributed by atoms with Crippen molar-refractivity contribution < 1.29 is 9.47 Å². The number of nitrogens with two attached hydrogens (primary N) is 1. The van der Waals surface area contributed by atoms with Gasteiger partial charge < -0.3 is 20.5 Å². The maximum atomic E-state index is 5.91. The van der Waals surface area contributed by atoms with Crippen LogP contribution in [-0.4, -0.2) is 25.7 Å². The van der Waals surface area contributed by atoms with Crippen LogP contribution in [0.3, 0.4) is 0 Å². The molecule has 126 valence electrons. The molecule has 1 saturated carbocycles. The molecule has 5 nitrogen and oxygen atoms in total. The predicted octanol–water partition coefficient (Wildman–Crippen LogP) is 3.63. The second kappa shape index (κ2) is 8.36. The molecule has 5 heteroatoms. The molecule has 1 aliphatic rings. The van der Waals surface area contributed by atoms with Crippen LogP contribution in [0.5, 0.6) is 11.5 Å². The Balaban J connectivity index is 1.47. The summed E-state index contributed by atoms with van der Waals surface area (Å²) in [5.41, 5.74) is 6.74. The molecule has 1 aliphatic carbocycles. The SMILES string of the molecule is NC(=NCCOCC1CC1)Nc1cccc(Oc2ccccc2)c1. The van der Waals surface area contributed by atoms with Gasteiger partial charge in [0.2, 0.25) is 0 Å². The lowest BCUT2D eigenvalue weighted by Gasteiger charge is -2.09. The molecule has 2 aromatic carbocycles. The van der Waals surface area contributed by atoms with Crippen LogP contribution in [0.25, 0.3) is 0 Å². The molecule has 0 aliphatic heterocycles. The second-order valence-corrected chi connectivity index (χ2v) is 5.85. The van der Waals surface area contributed by atoms with Crippen molar-refractivity contribution >= 4 is 11.6 Å². The zero-order valence-corrected chi connectivity index (χ0v) is 13.7. The van der Waals surface area contributed by atoms with Gasteiger partial charge >= 0.3 is 0 Å². The van der Waals surface area contributed by atoms with E-state index in [9.17, 15) is 0 Å². The van der Waals surface area contributed by atoms with E-state index in [1.807, 2.05) is 54.6 Å². The number of hydrogen-bond acceptors (Lipinski definition) is 3. The molecule has 0 amide bonds. The average molecular weight is 325 g/mol. The third-order valence-corrected chi connectivity index (χ3v) is 3.65. The van der Waals surface area contributed by atoms with Gasteiger partial charge in [-0.1, -0.05) is 24.3 Å². The molecule has 0 saturated heterocycles. The molecule has 0 aromatic heterocycles. The average Bonchev–Trinajstić information content (AvgIpc) is 3.40. The van der Waals surface area contributed by atoms with E-state index in [2.05, 4.69) is 10.3 Å². The van der Waals surface area contributed by atoms with Crippen LogP contribution in [0.1, 0.15) is 12.8 Å². The van der Waals surface area contributed by atoms with E-state index in [1.165, 1.54) is 12.8 Å². The number of rotatable bonds is 8. The minimum atomic E-state index is 0.377. The summed E-state index contributed by atoms with van der Waals surface area (Å²) < 4.78 is 11.3. The highest BCUT2D eigenvalue weighted by atomic mass is 16.5. The normalized spacial score (nSPS) is 14.4. The van der Waals surface area contributed by atoms with Crippen LogP contribution < -0.4 is 15.8 Å². The Morgan fingerprint density at radius 1 is 1.08 bits per heavy atom. The van der Waals surface area contributed by atoms with Crippen LogP contribution in [0, 0.1) is 5.92 Å². The van der Waals surface area contributed by atoms with Crippen molar-refractivity contribution in [2.45, 2.75) is 12.8 Å². The van der Waals surface area contributed by atoms with Crippen LogP contribution in [0.2, 0.25) is 0 Å². The highest BCUT2D eigenvalue weighted by Gasteiger charge is 2.20. The molecular weight excluding hydrogens is 302 g/mol. The molecule has 2 aromatic rings. The first kappa shape index (κ1) is 16.3. The first-order chi connectivity index (χ1) is 11.8. The van der Waals surface area contributed by atoms with Gasteiger partial charge in [-0.3, -0.25) is 4.99 Å². The van der Waals surface area contributed by atoms with E-state index in [0.29, 0.717) is 19.1 Å². The molecule has 0 bridgehead atoms. The summed E-state index contributed by atoms with van der Waals surface area (Å²) in [5, 5.41) is 3.07. The molecule has 3 N–H and O–H groups in total. The number of benzene rings is 2. The molecule has 0 spiro atoms. The Morgan fingerprint density at radius 2 is 1.88 bits per heavy atom. The third kappa shape index (κ3) is 5.59. The van der Waals surface area contributed by atoms with Crippen LogP contribution in [0.4, 0.5) is 5.69 Å². The number of hydrogen-bond donors (Lipinski definition) is 2. The highest BCUT2D eigenvalue weighted by molar-refractivity contribution is 5.92. The topological polar surface area (TPSA) is 68.9 Å². The van der Waals surface area contributed by atoms with Crippen LogP contribution in [-0.2, 0) is 4.74 Å². The quantitative estimate of drug-likeness (QED) is 0.442. The summed E-state index contributed by atoms with van der Waals surface area (Å²) in [6.45, 7) is 2.02. The molecule has 0 atom stereocenters. The summed E-state index contributed by atoms with van der Waals surface area (Å²) in [5.74, 6) is 2.69. The molecule has 0 heterocycles. The van der Waals surface area contributed by atoms with Gasteiger partial charge in [-0.25, -0.2) is 0 Å². The monoisotopic (exact) mass is 325 g/mol. The van der Waals surface area contributed by atoms with Gasteiger partial charge in [-0.05, 0) is 43.0 Å². The minimum absolute atomic E-state index is 0.377. The fourth-order valence-electron chi connectivity index (χ4n) is 2.21. The number of guanidine groups is 1. The number of nitrogens with zero attached hydrogens (tertiary/aromatic N) is 1. The maximum absolute atomic E-state index is 5.91. The van der Waals surface area contributed by atoms with Crippen LogP contribution in [0.15, 0.2) is 59.6 Å². The van der Waals surface area contributed by atoms with Gasteiger partial charge in [-0.2, -0.15) is 0 Å². The Bertz CT molecular complexity index is 669. The third-order valence-electron chi connectivity index (χ3n) is 3.65. The number of nitrogens with one attached hydrogen (secondary N) is 1. The molecule has 0 unspecified atom stereocenters. The summed E-state index contributed by atoms with van der Waals surface area (Å²) in [6, 6.07) is 17.3. The molecule has 3 rings (SSSR count). The van der Waals surface area contributed by atoms with Gasteiger partial charge in [0, 0.05) is 18.4 Å². The molecule has 0 radical (unpaired) electrons. The van der Waals surface area contributed by atoms with Crippen molar-refractivity contribution in [3.05, 3.63) is 54.6 Å². The Labute approximate surface area is 142 Å². The first-order valence-corrected chi connectivity index (χ1v) is 8.27. The summed E-state index contributed by atoms with van der Waals surface area (Å²) in [4.78, 5) is 4.27. The minimum Gasteiger partial charge on any atom is -0.457 e. The highest BCUT2D eigenvalue weighted by Crippen LogP contribution is 2.28. The van der Waals surface area contributed by atoms with E-state index in [1.54, 1.807) is 0 Å². The lowest BCUT2D eigenvalue weighted by atomic mass is 10.3. The fourth-order valence-corrected chi connectivity index (χ4v) is 2.21. The largest absolute Gasteiger partial charge is 0.457 e. The van der Waals surface area contributed by atoms with Crippen molar-refractivity contribution in [3.8, 4) is 11.5 Å². The molecule has 24 heavy (non-hydrogen) atoms. The van der Waals surface area contributed by atoms with Gasteiger partial charge in [-0.15, -0.1) is 0 Å². The first-order valence-electron chi connectivity index (χ1n) is 8.27. The van der Waals surface area contributed by atoms with E-state index >= 15 is 0 Å². The van der Waals surface area contributed by atoms with E-state index in [-0.39, 0.29) is 0 Å². The van der Waals surface area contributed by atoms with Crippen molar-refractivity contribution in [1.82, 2.24) is 0 Å². The zero-order valence-electron chi connectivity index (χ0n) is 13.7. The number of ether oxygens (including phenoxy) is 2. The van der Waals surface area contributed by atoms with Crippen LogP contribution >= 0.6 is 0 Å². The Kier molecular flexibility index (Phi) is 5.69. The fraction of sp³-hybridized carbons (Fsp3) is 0.316. The van der Waals surface area contributed by atoms with E-state index < -0.39 is 0 Å². The Hall–Kier alpha value is -2.53. The van der Waals surface area contributed by atoms with Crippen molar-refractivity contribution in [2.75, 3.05) is 25.1 Å². The number of aliphatic imine (C=N–C) groups is 1. The van der Waals surface area contributed by atoms with Gasteiger partial charge in [0.15, 0.2) is 5.96 Å². The van der Waals surface area contributed by atoms with Gasteiger partial charge in [0.05, 0.1) is 13.2 Å². The van der Waals surface area contributed by atoms with Crippen molar-refractivity contribution in [3.63, 3.8) is 0 Å². The lowest BCUT2D eigenvalue weighted by Crippen LogP contribution is -2.23. The molecular formula is C19H23N3O2. The standard InChI is InChI=1S/C19H23N3O2/c20-19(21-11-12-23-14-15-9-10-15)22-16-5-4-8-18(13-16)24-17-6-2-1-3-7-17/h1-8,13,15H,9-12,14H2,(H3,20,21,22). The summed E-state index contributed by atoms with van der Waals surface area (Å²) >= 11 is 0. The predicted molar refractivity (Wildman–Crippen MR) is 96.6 cm³/mol. The van der Waals surface area contributed by atoms with Crippen molar-refractivity contribution in [2.24, 2.45) is 16.6 Å². The second-order valence-electron chi connectivity index (χ2n) is 5.85. The number of anilines is 1.